The molecule has 0 heterocycles. The Balaban J connectivity index is 2.37. The zero-order valence-electron chi connectivity index (χ0n) is 16.3. The van der Waals surface area contributed by atoms with Gasteiger partial charge in [0.1, 0.15) is 15.9 Å². The number of carbonyl (C=O) groups excluding carboxylic acids is 1. The van der Waals surface area contributed by atoms with E-state index in [4.69, 9.17) is 9.47 Å². The van der Waals surface area contributed by atoms with Crippen LogP contribution in [0, 0.1) is 0 Å². The molecule has 0 saturated heterocycles. The van der Waals surface area contributed by atoms with Crippen LogP contribution < -0.4 is 15.9 Å². The van der Waals surface area contributed by atoms with Gasteiger partial charge in [-0.15, -0.1) is 0 Å². The van der Waals surface area contributed by atoms with E-state index in [9.17, 15) is 4.79 Å². The summed E-state index contributed by atoms with van der Waals surface area (Å²) in [5, 5.41) is 3.29. The highest BCUT2D eigenvalue weighted by atomic mass is 31.2. The molecule has 0 aliphatic heterocycles. The van der Waals surface area contributed by atoms with Crippen molar-refractivity contribution in [3.05, 3.63) is 91.0 Å². The molecule has 28 heavy (non-hydrogen) atoms. The highest BCUT2D eigenvalue weighted by molar-refractivity contribution is 7.96. The Bertz CT molecular complexity index is 769. The first-order valence-electron chi connectivity index (χ1n) is 9.59. The lowest BCUT2D eigenvalue weighted by Crippen LogP contribution is -2.44. The third-order valence-corrected chi connectivity index (χ3v) is 9.06. The van der Waals surface area contributed by atoms with E-state index >= 15 is 0 Å². The molecular weight excluding hydrogens is 367 g/mol. The average Bonchev–Trinajstić information content (AvgIpc) is 2.76. The Morgan fingerprint density at radius 3 is 1.43 bits per heavy atom. The average molecular weight is 393 g/mol. The Kier molecular flexibility index (Phi) is 6.97. The lowest BCUT2D eigenvalue weighted by molar-refractivity contribution is -0.150. The molecule has 0 aliphatic rings. The second-order valence-electron chi connectivity index (χ2n) is 6.29. The fourth-order valence-corrected chi connectivity index (χ4v) is 7.95. The molecule has 0 N–H and O–H groups in total. The van der Waals surface area contributed by atoms with E-state index in [1.165, 1.54) is 0 Å². The summed E-state index contributed by atoms with van der Waals surface area (Å²) in [6, 6.07) is 30.7. The third kappa shape index (κ3) is 3.87. The van der Waals surface area contributed by atoms with E-state index in [0.717, 1.165) is 15.9 Å². The number of ether oxygens (including phenoxy) is 2. The minimum atomic E-state index is -2.46. The van der Waals surface area contributed by atoms with Crippen molar-refractivity contribution in [2.24, 2.45) is 0 Å². The van der Waals surface area contributed by atoms with Crippen LogP contribution >= 0.6 is 7.26 Å². The van der Waals surface area contributed by atoms with Gasteiger partial charge in [0, 0.05) is 6.61 Å². The monoisotopic (exact) mass is 393 g/mol. The molecule has 0 fully saturated rings. The minimum absolute atomic E-state index is 0.311. The van der Waals surface area contributed by atoms with Crippen LogP contribution in [-0.4, -0.2) is 25.0 Å². The molecule has 1 atom stereocenters. The molecule has 3 aromatic carbocycles. The second kappa shape index (κ2) is 9.64. The highest BCUT2D eigenvalue weighted by Crippen LogP contribution is 2.60. The van der Waals surface area contributed by atoms with Crippen LogP contribution in [0.4, 0.5) is 0 Å². The summed E-state index contributed by atoms with van der Waals surface area (Å²) in [6.45, 7) is 4.50. The number of rotatable bonds is 8. The Morgan fingerprint density at radius 1 is 0.714 bits per heavy atom. The number of esters is 1. The predicted octanol–water partition coefficient (Wildman–Crippen LogP) is 3.91. The first-order chi connectivity index (χ1) is 13.7. The Morgan fingerprint density at radius 2 is 1.11 bits per heavy atom. The van der Waals surface area contributed by atoms with E-state index < -0.39 is 13.1 Å². The molecule has 0 amide bonds. The molecule has 0 aromatic heterocycles. The summed E-state index contributed by atoms with van der Waals surface area (Å²) in [5.74, 6) is -1.01. The zero-order chi connectivity index (χ0) is 19.8. The van der Waals surface area contributed by atoms with Crippen molar-refractivity contribution in [2.45, 2.75) is 19.7 Å². The SMILES string of the molecule is CCOC(=O)[C@@H](OCC)[P+](c1ccccc1)(c1ccccc1)c1ccccc1. The van der Waals surface area contributed by atoms with Crippen molar-refractivity contribution < 1.29 is 14.3 Å². The summed E-state index contributed by atoms with van der Waals surface area (Å²) < 4.78 is 11.7. The maximum Gasteiger partial charge on any atom is 0.376 e. The van der Waals surface area contributed by atoms with Crippen LogP contribution in [0.2, 0.25) is 0 Å². The van der Waals surface area contributed by atoms with Crippen molar-refractivity contribution >= 4 is 29.1 Å². The molecule has 3 aromatic rings. The lowest BCUT2D eigenvalue weighted by atomic mass is 10.4. The topological polar surface area (TPSA) is 35.5 Å². The van der Waals surface area contributed by atoms with Crippen molar-refractivity contribution in [3.8, 4) is 0 Å². The van der Waals surface area contributed by atoms with E-state index in [-0.39, 0.29) is 5.97 Å². The van der Waals surface area contributed by atoms with Crippen molar-refractivity contribution in [1.29, 1.82) is 0 Å². The van der Waals surface area contributed by atoms with E-state index in [0.29, 0.717) is 13.2 Å². The fourth-order valence-electron chi connectivity index (χ4n) is 3.55. The van der Waals surface area contributed by atoms with Crippen LogP contribution in [0.25, 0.3) is 0 Å². The standard InChI is InChI=1S/C24H26O3P/c1-3-26-23(25)24(27-4-2)28(20-14-8-5-9-15-20,21-16-10-6-11-17-21)22-18-12-7-13-19-22/h5-19,24H,3-4H2,1-2H3/q+1/t24-/m0/s1. The summed E-state index contributed by atoms with van der Waals surface area (Å²) in [5.41, 5.74) is 0. The Hall–Kier alpha value is -2.48. The Labute approximate surface area is 167 Å². The maximum absolute atomic E-state index is 13.2. The number of carbonyl (C=O) groups is 1. The van der Waals surface area contributed by atoms with Crippen LogP contribution in [0.1, 0.15) is 13.8 Å². The van der Waals surface area contributed by atoms with Crippen LogP contribution in [-0.2, 0) is 14.3 Å². The molecule has 0 bridgehead atoms. The molecule has 0 saturated carbocycles. The summed E-state index contributed by atoms with van der Waals surface area (Å²) in [7, 11) is -2.46. The maximum atomic E-state index is 13.2. The van der Waals surface area contributed by atoms with Gasteiger partial charge in [0.2, 0.25) is 0 Å². The smallest absolute Gasteiger partial charge is 0.376 e. The molecule has 144 valence electrons. The van der Waals surface area contributed by atoms with Gasteiger partial charge in [-0.1, -0.05) is 54.6 Å². The summed E-state index contributed by atoms with van der Waals surface area (Å²) >= 11 is 0. The van der Waals surface area contributed by atoms with Gasteiger partial charge in [0.15, 0.2) is 7.26 Å². The van der Waals surface area contributed by atoms with Gasteiger partial charge in [-0.25, -0.2) is 4.79 Å². The molecule has 4 heteroatoms. The van der Waals surface area contributed by atoms with Crippen LogP contribution in [0.5, 0.6) is 0 Å². The van der Waals surface area contributed by atoms with Crippen molar-refractivity contribution in [1.82, 2.24) is 0 Å². The summed E-state index contributed by atoms with van der Waals surface area (Å²) in [6.07, 6.45) is 0. The van der Waals surface area contributed by atoms with Gasteiger partial charge in [-0.3, -0.25) is 0 Å². The molecule has 3 rings (SSSR count). The zero-order valence-corrected chi connectivity index (χ0v) is 17.2. The summed E-state index contributed by atoms with van der Waals surface area (Å²) in [4.78, 5) is 13.2. The van der Waals surface area contributed by atoms with Gasteiger partial charge < -0.3 is 9.47 Å². The first-order valence-corrected chi connectivity index (χ1v) is 11.4. The third-order valence-electron chi connectivity index (χ3n) is 4.65. The van der Waals surface area contributed by atoms with E-state index in [1.807, 2.05) is 68.4 Å². The molecule has 0 spiro atoms. The van der Waals surface area contributed by atoms with Gasteiger partial charge in [0.25, 0.3) is 5.85 Å². The molecule has 0 unspecified atom stereocenters. The molecule has 0 aliphatic carbocycles. The first kappa shape index (κ1) is 20.3. The van der Waals surface area contributed by atoms with Gasteiger partial charge in [0.05, 0.1) is 6.61 Å². The van der Waals surface area contributed by atoms with Gasteiger partial charge in [-0.2, -0.15) is 0 Å². The minimum Gasteiger partial charge on any atom is -0.461 e. The number of hydrogen-bond donors (Lipinski definition) is 0. The lowest BCUT2D eigenvalue weighted by Gasteiger charge is -2.32. The predicted molar refractivity (Wildman–Crippen MR) is 117 cm³/mol. The number of hydrogen-bond acceptors (Lipinski definition) is 3. The van der Waals surface area contributed by atoms with E-state index in [2.05, 4.69) is 36.4 Å². The van der Waals surface area contributed by atoms with E-state index in [1.54, 1.807) is 0 Å². The molecule has 3 nitrogen and oxygen atoms in total. The number of benzene rings is 3. The highest BCUT2D eigenvalue weighted by Gasteiger charge is 2.57. The van der Waals surface area contributed by atoms with Crippen LogP contribution in [0.15, 0.2) is 91.0 Å². The van der Waals surface area contributed by atoms with Gasteiger partial charge in [-0.05, 0) is 50.2 Å². The quantitative estimate of drug-likeness (QED) is 0.430. The van der Waals surface area contributed by atoms with Crippen molar-refractivity contribution in [3.63, 3.8) is 0 Å². The van der Waals surface area contributed by atoms with Gasteiger partial charge >= 0.3 is 5.97 Å². The second-order valence-corrected chi connectivity index (χ2v) is 9.75. The fraction of sp³-hybridized carbons (Fsp3) is 0.208. The van der Waals surface area contributed by atoms with Crippen molar-refractivity contribution in [2.75, 3.05) is 13.2 Å². The van der Waals surface area contributed by atoms with Crippen LogP contribution in [0.3, 0.4) is 0 Å². The molecule has 0 radical (unpaired) electrons. The largest absolute Gasteiger partial charge is 0.461 e. The molecular formula is C24H26O3P+. The normalized spacial score (nSPS) is 12.4.